The summed E-state index contributed by atoms with van der Waals surface area (Å²) in [6.07, 6.45) is 12.3. The molecule has 8 nitrogen and oxygen atoms in total. The molecule has 0 radical (unpaired) electrons. The van der Waals surface area contributed by atoms with Crippen LogP contribution in [-0.2, 0) is 4.79 Å². The number of hydrogen-bond donors (Lipinski definition) is 1. The third-order valence-corrected chi connectivity index (χ3v) is 6.89. The summed E-state index contributed by atoms with van der Waals surface area (Å²) >= 11 is 0. The second-order valence-corrected chi connectivity index (χ2v) is 9.53. The normalized spacial score (nSPS) is 17.4. The first-order valence-corrected chi connectivity index (χ1v) is 12.1. The first-order valence-electron chi connectivity index (χ1n) is 12.1. The number of nitrogens with two attached hydrogens (primary N) is 1. The van der Waals surface area contributed by atoms with Gasteiger partial charge in [0.15, 0.2) is 5.65 Å². The molecule has 2 aromatic heterocycles. The van der Waals surface area contributed by atoms with Crippen molar-refractivity contribution >= 4 is 28.3 Å². The van der Waals surface area contributed by atoms with Crippen molar-refractivity contribution in [3.05, 3.63) is 85.1 Å². The van der Waals surface area contributed by atoms with E-state index in [0.717, 1.165) is 48.4 Å². The van der Waals surface area contributed by atoms with Crippen LogP contribution in [0, 0.1) is 5.41 Å². The van der Waals surface area contributed by atoms with Gasteiger partial charge in [-0.3, -0.25) is 4.79 Å². The zero-order valence-electron chi connectivity index (χ0n) is 20.6. The fourth-order valence-electron chi connectivity index (χ4n) is 5.15. The number of anilines is 1. The molecule has 1 saturated heterocycles. The minimum Gasteiger partial charge on any atom is -0.462 e. The van der Waals surface area contributed by atoms with Gasteiger partial charge in [0.25, 0.3) is 0 Å². The summed E-state index contributed by atoms with van der Waals surface area (Å²) in [6.45, 7) is 9.34. The fourth-order valence-corrected chi connectivity index (χ4v) is 5.15. The third-order valence-electron chi connectivity index (χ3n) is 6.89. The van der Waals surface area contributed by atoms with Gasteiger partial charge in [-0.2, -0.15) is 5.10 Å². The van der Waals surface area contributed by atoms with E-state index < -0.39 is 0 Å². The summed E-state index contributed by atoms with van der Waals surface area (Å²) < 4.78 is 7.85. The SMILES string of the molecule is C.C=C/C(=C\C=C(/C)Oc1ccccc1)c1nn(C2CC3(C2)CN(C(=O)/C=C/C)C3)c2ncnc(N)c12. The first-order chi connectivity index (χ1) is 17.4. The molecule has 1 spiro atoms. The Balaban J connectivity index is 0.00000320. The van der Waals surface area contributed by atoms with Crippen molar-refractivity contribution < 1.29 is 9.53 Å². The Hall–Kier alpha value is -4.20. The maximum atomic E-state index is 12.1. The lowest BCUT2D eigenvalue weighted by Crippen LogP contribution is -2.63. The molecule has 192 valence electrons. The van der Waals surface area contributed by atoms with Crippen molar-refractivity contribution in [1.82, 2.24) is 24.6 Å². The Bertz CT molecular complexity index is 1390. The number of nitrogens with zero attached hydrogens (tertiary/aromatic N) is 5. The summed E-state index contributed by atoms with van der Waals surface area (Å²) in [6, 6.07) is 9.82. The Morgan fingerprint density at radius 3 is 2.59 bits per heavy atom. The van der Waals surface area contributed by atoms with Crippen molar-refractivity contribution in [2.45, 2.75) is 40.2 Å². The lowest BCUT2D eigenvalue weighted by Gasteiger charge is -2.58. The van der Waals surface area contributed by atoms with Crippen LogP contribution in [0.25, 0.3) is 16.6 Å². The molecule has 37 heavy (non-hydrogen) atoms. The van der Waals surface area contributed by atoms with Crippen LogP contribution in [-0.4, -0.2) is 43.6 Å². The quantitative estimate of drug-likeness (QED) is 0.268. The predicted octanol–water partition coefficient (Wildman–Crippen LogP) is 5.34. The average molecular weight is 499 g/mol. The highest BCUT2D eigenvalue weighted by Crippen LogP contribution is 2.54. The number of allylic oxidation sites excluding steroid dienone is 6. The summed E-state index contributed by atoms with van der Waals surface area (Å²) in [7, 11) is 0. The molecule has 1 aromatic carbocycles. The van der Waals surface area contributed by atoms with Crippen LogP contribution in [0.3, 0.4) is 0 Å². The third kappa shape index (κ3) is 4.91. The van der Waals surface area contributed by atoms with E-state index >= 15 is 0 Å². The molecule has 1 aliphatic heterocycles. The van der Waals surface area contributed by atoms with Crippen molar-refractivity contribution in [3.8, 4) is 5.75 Å². The Kier molecular flexibility index (Phi) is 7.29. The number of ether oxygens (including phenoxy) is 1. The Morgan fingerprint density at radius 2 is 1.92 bits per heavy atom. The minimum atomic E-state index is 0. The number of fused-ring (bicyclic) bond motifs is 1. The Morgan fingerprint density at radius 1 is 1.19 bits per heavy atom. The van der Waals surface area contributed by atoms with Crippen molar-refractivity contribution in [2.75, 3.05) is 18.8 Å². The number of carbonyl (C=O) groups excluding carboxylic acids is 1. The Labute approximate surface area is 217 Å². The summed E-state index contributed by atoms with van der Waals surface area (Å²) in [5, 5.41) is 5.67. The number of rotatable bonds is 7. The van der Waals surface area contributed by atoms with Gasteiger partial charge in [-0.25, -0.2) is 14.6 Å². The topological polar surface area (TPSA) is 99.2 Å². The van der Waals surface area contributed by atoms with Gasteiger partial charge in [0.2, 0.25) is 5.91 Å². The number of aromatic nitrogens is 4. The summed E-state index contributed by atoms with van der Waals surface area (Å²) in [5.74, 6) is 1.97. The highest BCUT2D eigenvalue weighted by atomic mass is 16.5. The van der Waals surface area contributed by atoms with E-state index in [1.807, 2.05) is 65.9 Å². The fraction of sp³-hybridized carbons (Fsp3) is 0.310. The summed E-state index contributed by atoms with van der Waals surface area (Å²) in [5.41, 5.74) is 8.68. The highest BCUT2D eigenvalue weighted by molar-refractivity contribution is 5.97. The van der Waals surface area contributed by atoms with Crippen LogP contribution in [0.15, 0.2) is 79.4 Å². The molecular formula is C29H34N6O2. The number of hydrogen-bond acceptors (Lipinski definition) is 6. The molecule has 2 N–H and O–H groups in total. The van der Waals surface area contributed by atoms with Crippen LogP contribution < -0.4 is 10.5 Å². The molecule has 1 amide bonds. The standard InChI is InChI=1S/C28H30N6O2.CH4/c1-4-9-23(35)33-16-28(17-33)14-21(15-28)34-27-24(26(29)30-18-31-27)25(32-34)20(5-2)13-12-19(3)36-22-10-7-6-8-11-22;/h4-13,18,21H,2,14-17H2,1,3H3,(H2,29,30,31);1H4/b9-4+,19-12+,20-13+;. The van der Waals surface area contributed by atoms with Crippen molar-refractivity contribution in [2.24, 2.45) is 5.41 Å². The molecule has 1 aliphatic carbocycles. The molecular weight excluding hydrogens is 464 g/mol. The van der Waals surface area contributed by atoms with Gasteiger partial charge in [-0.15, -0.1) is 0 Å². The van der Waals surface area contributed by atoms with Gasteiger partial charge in [-0.05, 0) is 57.0 Å². The van der Waals surface area contributed by atoms with Crippen molar-refractivity contribution in [1.29, 1.82) is 0 Å². The molecule has 3 heterocycles. The molecule has 8 heteroatoms. The zero-order valence-corrected chi connectivity index (χ0v) is 20.6. The van der Waals surface area contributed by atoms with Crippen LogP contribution >= 0.6 is 0 Å². The average Bonchev–Trinajstić information content (AvgIpc) is 3.19. The smallest absolute Gasteiger partial charge is 0.246 e. The largest absolute Gasteiger partial charge is 0.462 e. The number of nitrogen functional groups attached to an aromatic ring is 1. The molecule has 0 bridgehead atoms. The molecule has 3 aromatic rings. The van der Waals surface area contributed by atoms with E-state index in [4.69, 9.17) is 15.6 Å². The zero-order chi connectivity index (χ0) is 25.3. The minimum absolute atomic E-state index is 0. The van der Waals surface area contributed by atoms with Gasteiger partial charge in [0.1, 0.15) is 29.3 Å². The van der Waals surface area contributed by atoms with Crippen molar-refractivity contribution in [3.63, 3.8) is 0 Å². The maximum absolute atomic E-state index is 12.1. The molecule has 5 rings (SSSR count). The van der Waals surface area contributed by atoms with Crippen LogP contribution in [0.1, 0.15) is 45.9 Å². The molecule has 2 aliphatic rings. The number of carbonyl (C=O) groups is 1. The second kappa shape index (κ2) is 10.4. The monoisotopic (exact) mass is 498 g/mol. The number of amides is 1. The molecule has 1 saturated carbocycles. The van der Waals surface area contributed by atoms with Gasteiger partial charge < -0.3 is 15.4 Å². The second-order valence-electron chi connectivity index (χ2n) is 9.53. The van der Waals surface area contributed by atoms with Gasteiger partial charge in [-0.1, -0.05) is 44.4 Å². The number of para-hydroxylation sites is 1. The van der Waals surface area contributed by atoms with Gasteiger partial charge in [0.05, 0.1) is 11.4 Å². The van der Waals surface area contributed by atoms with Gasteiger partial charge >= 0.3 is 0 Å². The predicted molar refractivity (Wildman–Crippen MR) is 148 cm³/mol. The lowest BCUT2D eigenvalue weighted by atomic mass is 9.60. The van der Waals surface area contributed by atoms with Crippen LogP contribution in [0.4, 0.5) is 5.82 Å². The highest BCUT2D eigenvalue weighted by Gasteiger charge is 2.54. The number of likely N-dealkylation sites (tertiary alicyclic amines) is 1. The van der Waals surface area contributed by atoms with E-state index in [-0.39, 0.29) is 24.8 Å². The van der Waals surface area contributed by atoms with Crippen LogP contribution in [0.5, 0.6) is 5.75 Å². The molecule has 0 unspecified atom stereocenters. The van der Waals surface area contributed by atoms with Crippen LogP contribution in [0.2, 0.25) is 0 Å². The maximum Gasteiger partial charge on any atom is 0.246 e. The summed E-state index contributed by atoms with van der Waals surface area (Å²) in [4.78, 5) is 22.7. The van der Waals surface area contributed by atoms with E-state index in [2.05, 4.69) is 16.5 Å². The van der Waals surface area contributed by atoms with E-state index in [1.54, 1.807) is 18.2 Å². The molecule has 0 atom stereocenters. The van der Waals surface area contributed by atoms with E-state index in [0.29, 0.717) is 17.2 Å². The first kappa shape index (κ1) is 25.9. The number of benzene rings is 1. The van der Waals surface area contributed by atoms with E-state index in [1.165, 1.54) is 6.33 Å². The van der Waals surface area contributed by atoms with Gasteiger partial charge in [0, 0.05) is 24.1 Å². The molecule has 2 fully saturated rings. The lowest BCUT2D eigenvalue weighted by molar-refractivity contribution is -0.148. The van der Waals surface area contributed by atoms with E-state index in [9.17, 15) is 4.79 Å².